The number of esters is 1. The lowest BCUT2D eigenvalue weighted by Crippen LogP contribution is -2.15. The molecule has 3 nitrogen and oxygen atoms in total. The molecule has 82 valence electrons. The Morgan fingerprint density at radius 1 is 1.60 bits per heavy atom. The molecule has 0 saturated carbocycles. The number of ether oxygens (including phenoxy) is 1. The summed E-state index contributed by atoms with van der Waals surface area (Å²) < 4.78 is 17.4. The van der Waals surface area contributed by atoms with E-state index in [2.05, 4.69) is 4.74 Å². The van der Waals surface area contributed by atoms with Gasteiger partial charge in [0.25, 0.3) is 0 Å². The van der Waals surface area contributed by atoms with Crippen LogP contribution in [-0.4, -0.2) is 18.2 Å². The molecule has 0 aliphatic rings. The van der Waals surface area contributed by atoms with E-state index in [-0.39, 0.29) is 10.6 Å². The third-order valence-corrected chi connectivity index (χ3v) is 2.43. The number of aliphatic hydroxyl groups is 1. The second-order valence-corrected chi connectivity index (χ2v) is 3.40. The molecule has 1 atom stereocenters. The van der Waals surface area contributed by atoms with Gasteiger partial charge in [0.05, 0.1) is 12.1 Å². The highest BCUT2D eigenvalue weighted by molar-refractivity contribution is 6.31. The van der Waals surface area contributed by atoms with Gasteiger partial charge < -0.3 is 9.84 Å². The fourth-order valence-electron chi connectivity index (χ4n) is 1.23. The van der Waals surface area contributed by atoms with Gasteiger partial charge >= 0.3 is 5.97 Å². The zero-order valence-corrected chi connectivity index (χ0v) is 9.01. The third-order valence-electron chi connectivity index (χ3n) is 2.05. The fraction of sp³-hybridized carbons (Fsp3) is 0.300. The van der Waals surface area contributed by atoms with E-state index >= 15 is 0 Å². The standard InChI is InChI=1S/C10H10ClFO3/c1-5-3-4-6(12)8(11)7(5)9(13)10(14)15-2/h3-4,9,13H,1-2H3. The molecule has 1 aromatic rings. The summed E-state index contributed by atoms with van der Waals surface area (Å²) in [5.74, 6) is -1.55. The zero-order chi connectivity index (χ0) is 11.6. The Morgan fingerprint density at radius 2 is 2.20 bits per heavy atom. The summed E-state index contributed by atoms with van der Waals surface area (Å²) in [4.78, 5) is 11.1. The van der Waals surface area contributed by atoms with Gasteiger partial charge in [-0.3, -0.25) is 0 Å². The summed E-state index contributed by atoms with van der Waals surface area (Å²) >= 11 is 5.65. The molecule has 0 amide bonds. The number of benzene rings is 1. The summed E-state index contributed by atoms with van der Waals surface area (Å²) in [6.07, 6.45) is -1.56. The Kier molecular flexibility index (Phi) is 3.66. The van der Waals surface area contributed by atoms with Crippen molar-refractivity contribution in [3.63, 3.8) is 0 Å². The molecule has 1 unspecified atom stereocenters. The highest BCUT2D eigenvalue weighted by Gasteiger charge is 2.24. The van der Waals surface area contributed by atoms with Crippen LogP contribution in [0, 0.1) is 12.7 Å². The van der Waals surface area contributed by atoms with Crippen LogP contribution < -0.4 is 0 Å². The van der Waals surface area contributed by atoms with E-state index in [0.29, 0.717) is 5.56 Å². The summed E-state index contributed by atoms with van der Waals surface area (Å²) in [7, 11) is 1.13. The Bertz CT molecular complexity index is 392. The van der Waals surface area contributed by atoms with E-state index < -0.39 is 17.9 Å². The fourth-order valence-corrected chi connectivity index (χ4v) is 1.54. The van der Waals surface area contributed by atoms with Crippen LogP contribution in [0.3, 0.4) is 0 Å². The molecule has 0 spiro atoms. The summed E-state index contributed by atoms with van der Waals surface area (Å²) in [5, 5.41) is 9.29. The van der Waals surface area contributed by atoms with Crippen LogP contribution in [-0.2, 0) is 9.53 Å². The molecule has 0 saturated heterocycles. The maximum atomic E-state index is 13.1. The lowest BCUT2D eigenvalue weighted by molar-refractivity contribution is -0.150. The highest BCUT2D eigenvalue weighted by atomic mass is 35.5. The monoisotopic (exact) mass is 232 g/mol. The SMILES string of the molecule is COC(=O)C(O)c1c(C)ccc(F)c1Cl. The van der Waals surface area contributed by atoms with Crippen LogP contribution in [0.25, 0.3) is 0 Å². The van der Waals surface area contributed by atoms with E-state index in [4.69, 9.17) is 11.6 Å². The van der Waals surface area contributed by atoms with Crippen LogP contribution in [0.2, 0.25) is 5.02 Å². The van der Waals surface area contributed by atoms with E-state index in [1.807, 2.05) is 0 Å². The van der Waals surface area contributed by atoms with Crippen molar-refractivity contribution in [2.45, 2.75) is 13.0 Å². The normalized spacial score (nSPS) is 12.3. The first-order valence-electron chi connectivity index (χ1n) is 4.19. The molecule has 1 N–H and O–H groups in total. The Morgan fingerprint density at radius 3 is 2.73 bits per heavy atom. The van der Waals surface area contributed by atoms with E-state index in [1.54, 1.807) is 6.92 Å². The van der Waals surface area contributed by atoms with Gasteiger partial charge in [-0.2, -0.15) is 0 Å². The van der Waals surface area contributed by atoms with Gasteiger partial charge in [-0.05, 0) is 18.6 Å². The molecule has 0 aromatic heterocycles. The molecule has 0 aliphatic carbocycles. The van der Waals surface area contributed by atoms with Gasteiger partial charge in [0.15, 0.2) is 6.10 Å². The van der Waals surface area contributed by atoms with Crippen LogP contribution >= 0.6 is 11.6 Å². The molecule has 15 heavy (non-hydrogen) atoms. The number of halogens is 2. The van der Waals surface area contributed by atoms with Crippen molar-refractivity contribution in [1.29, 1.82) is 0 Å². The molecular formula is C10H10ClFO3. The molecule has 1 aromatic carbocycles. The van der Waals surface area contributed by atoms with E-state index in [9.17, 15) is 14.3 Å². The van der Waals surface area contributed by atoms with Gasteiger partial charge in [-0.1, -0.05) is 17.7 Å². The molecule has 0 radical (unpaired) electrons. The largest absolute Gasteiger partial charge is 0.467 e. The molecule has 1 rings (SSSR count). The zero-order valence-electron chi connectivity index (χ0n) is 8.25. The molecule has 5 heteroatoms. The summed E-state index contributed by atoms with van der Waals surface area (Å²) in [5.41, 5.74) is 0.572. The number of aryl methyl sites for hydroxylation is 1. The van der Waals surface area contributed by atoms with Gasteiger partial charge in [0.1, 0.15) is 5.82 Å². The smallest absolute Gasteiger partial charge is 0.339 e. The predicted octanol–water partition coefficient (Wildman–Crippen LogP) is 1.99. The van der Waals surface area contributed by atoms with Crippen molar-refractivity contribution in [1.82, 2.24) is 0 Å². The van der Waals surface area contributed by atoms with Crippen LogP contribution in [0.1, 0.15) is 17.2 Å². The molecular weight excluding hydrogens is 223 g/mol. The topological polar surface area (TPSA) is 46.5 Å². The van der Waals surface area contributed by atoms with Crippen molar-refractivity contribution in [2.24, 2.45) is 0 Å². The number of aliphatic hydroxyl groups excluding tert-OH is 1. The second kappa shape index (κ2) is 4.59. The van der Waals surface area contributed by atoms with Gasteiger partial charge in [0, 0.05) is 5.56 Å². The van der Waals surface area contributed by atoms with Gasteiger partial charge in [-0.25, -0.2) is 9.18 Å². The minimum atomic E-state index is -1.56. The van der Waals surface area contributed by atoms with Crippen molar-refractivity contribution in [3.8, 4) is 0 Å². The minimum absolute atomic E-state index is 0.0449. The molecule has 0 bridgehead atoms. The average molecular weight is 233 g/mol. The predicted molar refractivity (Wildman–Crippen MR) is 53.1 cm³/mol. The number of carbonyl (C=O) groups excluding carboxylic acids is 1. The van der Waals surface area contributed by atoms with Crippen LogP contribution in [0.4, 0.5) is 4.39 Å². The summed E-state index contributed by atoms with van der Waals surface area (Å²) in [6, 6.07) is 2.61. The molecule has 0 fully saturated rings. The number of hydrogen-bond donors (Lipinski definition) is 1. The van der Waals surface area contributed by atoms with E-state index in [1.165, 1.54) is 12.1 Å². The number of rotatable bonds is 2. The minimum Gasteiger partial charge on any atom is -0.467 e. The van der Waals surface area contributed by atoms with Crippen molar-refractivity contribution in [3.05, 3.63) is 34.1 Å². The Labute approximate surface area is 91.4 Å². The van der Waals surface area contributed by atoms with Gasteiger partial charge in [0.2, 0.25) is 0 Å². The van der Waals surface area contributed by atoms with Crippen LogP contribution in [0.5, 0.6) is 0 Å². The Balaban J connectivity index is 3.24. The number of methoxy groups -OCH3 is 1. The average Bonchev–Trinajstić information content (AvgIpc) is 2.22. The van der Waals surface area contributed by atoms with Crippen molar-refractivity contribution < 1.29 is 19.0 Å². The third kappa shape index (κ3) is 2.27. The van der Waals surface area contributed by atoms with Gasteiger partial charge in [-0.15, -0.1) is 0 Å². The lowest BCUT2D eigenvalue weighted by atomic mass is 10.0. The Hall–Kier alpha value is -1.13. The first kappa shape index (κ1) is 11.9. The highest BCUT2D eigenvalue weighted by Crippen LogP contribution is 2.29. The quantitative estimate of drug-likeness (QED) is 0.794. The number of hydrogen-bond acceptors (Lipinski definition) is 3. The molecule has 0 heterocycles. The first-order chi connectivity index (χ1) is 6.99. The summed E-state index contributed by atoms with van der Waals surface area (Å²) in [6.45, 7) is 1.62. The van der Waals surface area contributed by atoms with Crippen molar-refractivity contribution in [2.75, 3.05) is 7.11 Å². The molecule has 0 aliphatic heterocycles. The first-order valence-corrected chi connectivity index (χ1v) is 4.57. The maximum absolute atomic E-state index is 13.1. The van der Waals surface area contributed by atoms with Crippen molar-refractivity contribution >= 4 is 17.6 Å². The van der Waals surface area contributed by atoms with E-state index in [0.717, 1.165) is 7.11 Å². The maximum Gasteiger partial charge on any atom is 0.339 e. The number of carbonyl (C=O) groups is 1. The van der Waals surface area contributed by atoms with Crippen LogP contribution in [0.15, 0.2) is 12.1 Å². The second-order valence-electron chi connectivity index (χ2n) is 3.02. The lowest BCUT2D eigenvalue weighted by Gasteiger charge is -2.13.